The normalized spacial score (nSPS) is 23.4. The Hall–Kier alpha value is -0.780. The molecular weight excluding hydrogens is 217 g/mol. The lowest BCUT2D eigenvalue weighted by molar-refractivity contribution is -0.160. The Morgan fingerprint density at radius 1 is 1.43 bits per heavy atom. The number of allylic oxidation sites excluding steroid dienone is 3. The fraction of sp³-hybridized carbons (Fsp3) is 0.500. The topological polar surface area (TPSA) is 34.1 Å². The van der Waals surface area contributed by atoms with E-state index in [1.807, 2.05) is 0 Å². The van der Waals surface area contributed by atoms with Crippen LogP contribution in [0.25, 0.3) is 0 Å². The zero-order chi connectivity index (χ0) is 11.0. The molecule has 80 valence electrons. The summed E-state index contributed by atoms with van der Waals surface area (Å²) in [6.45, 7) is 0. The van der Waals surface area contributed by atoms with Crippen LogP contribution in [-0.4, -0.2) is 20.8 Å². The lowest BCUT2D eigenvalue weighted by Gasteiger charge is -2.18. The van der Waals surface area contributed by atoms with Crippen molar-refractivity contribution in [2.24, 2.45) is 5.92 Å². The molecule has 1 rings (SSSR count). The minimum Gasteiger partial charge on any atom is -0.224 e. The Balaban J connectivity index is 3.02. The van der Waals surface area contributed by atoms with Crippen LogP contribution in [0.4, 0.5) is 13.2 Å². The van der Waals surface area contributed by atoms with Crippen LogP contribution in [-0.2, 0) is 9.84 Å². The van der Waals surface area contributed by atoms with E-state index in [0.29, 0.717) is 0 Å². The van der Waals surface area contributed by atoms with Gasteiger partial charge in [0.2, 0.25) is 0 Å². The van der Waals surface area contributed by atoms with Crippen molar-refractivity contribution < 1.29 is 21.6 Å². The van der Waals surface area contributed by atoms with E-state index >= 15 is 0 Å². The molecule has 14 heavy (non-hydrogen) atoms. The summed E-state index contributed by atoms with van der Waals surface area (Å²) in [6, 6.07) is 0. The van der Waals surface area contributed by atoms with E-state index in [4.69, 9.17) is 0 Å². The molecule has 0 aromatic carbocycles. The highest BCUT2D eigenvalue weighted by Crippen LogP contribution is 2.34. The second-order valence-electron chi connectivity index (χ2n) is 3.13. The predicted molar refractivity (Wildman–Crippen MR) is 46.2 cm³/mol. The maximum absolute atomic E-state index is 12.2. The third-order valence-corrected chi connectivity index (χ3v) is 3.01. The Labute approximate surface area is 80.0 Å². The summed E-state index contributed by atoms with van der Waals surface area (Å²) in [5, 5.41) is 0. The standard InChI is InChI=1S/C8H9F3O2S/c1-14(12,13)7-4-2-3-6(5-7)8(9,10)11/h2,4-6H,3H2,1H3/t6-/m0/s1. The van der Waals surface area contributed by atoms with Crippen LogP contribution in [0, 0.1) is 5.92 Å². The second kappa shape index (κ2) is 3.42. The lowest BCUT2D eigenvalue weighted by atomic mass is 10.0. The number of hydrogen-bond acceptors (Lipinski definition) is 2. The molecule has 0 saturated heterocycles. The number of rotatable bonds is 1. The van der Waals surface area contributed by atoms with E-state index in [9.17, 15) is 21.6 Å². The zero-order valence-electron chi connectivity index (χ0n) is 7.38. The largest absolute Gasteiger partial charge is 0.395 e. The minimum absolute atomic E-state index is 0.192. The van der Waals surface area contributed by atoms with Gasteiger partial charge in [0.1, 0.15) is 0 Å². The highest BCUT2D eigenvalue weighted by molar-refractivity contribution is 7.94. The maximum atomic E-state index is 12.2. The monoisotopic (exact) mass is 226 g/mol. The summed E-state index contributed by atoms with van der Waals surface area (Å²) >= 11 is 0. The molecule has 0 aromatic heterocycles. The van der Waals surface area contributed by atoms with Crippen molar-refractivity contribution in [3.63, 3.8) is 0 Å². The van der Waals surface area contributed by atoms with Gasteiger partial charge >= 0.3 is 6.18 Å². The van der Waals surface area contributed by atoms with Gasteiger partial charge in [-0.2, -0.15) is 13.2 Å². The first-order chi connectivity index (χ1) is 6.21. The molecule has 1 aliphatic rings. The maximum Gasteiger partial charge on any atom is 0.395 e. The Morgan fingerprint density at radius 2 is 2.00 bits per heavy atom. The second-order valence-corrected chi connectivity index (χ2v) is 5.14. The fourth-order valence-electron chi connectivity index (χ4n) is 1.13. The fourth-order valence-corrected chi connectivity index (χ4v) is 1.88. The van der Waals surface area contributed by atoms with Gasteiger partial charge in [-0.25, -0.2) is 8.42 Å². The molecule has 0 bridgehead atoms. The number of alkyl halides is 3. The average molecular weight is 226 g/mol. The molecule has 0 saturated carbocycles. The van der Waals surface area contributed by atoms with Gasteiger partial charge < -0.3 is 0 Å². The van der Waals surface area contributed by atoms with Crippen molar-refractivity contribution in [1.82, 2.24) is 0 Å². The summed E-state index contributed by atoms with van der Waals surface area (Å²) in [5.41, 5.74) is 0. The van der Waals surface area contributed by atoms with Gasteiger partial charge in [-0.05, 0) is 12.5 Å². The molecule has 0 radical (unpaired) electrons. The van der Waals surface area contributed by atoms with Gasteiger partial charge in [-0.15, -0.1) is 0 Å². The molecule has 1 aliphatic carbocycles. The quantitative estimate of drug-likeness (QED) is 0.685. The first kappa shape index (κ1) is 11.3. The third-order valence-electron chi connectivity index (χ3n) is 1.89. The smallest absolute Gasteiger partial charge is 0.224 e. The van der Waals surface area contributed by atoms with E-state index in [2.05, 4.69) is 0 Å². The van der Waals surface area contributed by atoms with Crippen LogP contribution in [0.3, 0.4) is 0 Å². The molecule has 0 amide bonds. The van der Waals surface area contributed by atoms with Crippen LogP contribution < -0.4 is 0 Å². The van der Waals surface area contributed by atoms with Crippen LogP contribution in [0.2, 0.25) is 0 Å². The molecule has 1 atom stereocenters. The first-order valence-corrected chi connectivity index (χ1v) is 5.75. The number of sulfone groups is 1. The number of hydrogen-bond donors (Lipinski definition) is 0. The van der Waals surface area contributed by atoms with Crippen molar-refractivity contribution in [3.8, 4) is 0 Å². The predicted octanol–water partition coefficient (Wildman–Crippen LogP) is 2.05. The van der Waals surface area contributed by atoms with Gasteiger partial charge in [0.15, 0.2) is 9.84 Å². The summed E-state index contributed by atoms with van der Waals surface area (Å²) < 4.78 is 58.6. The first-order valence-electron chi connectivity index (χ1n) is 3.86. The Kier molecular flexibility index (Phi) is 2.76. The van der Waals surface area contributed by atoms with E-state index < -0.39 is 21.9 Å². The van der Waals surface area contributed by atoms with Gasteiger partial charge in [0.25, 0.3) is 0 Å². The summed E-state index contributed by atoms with van der Waals surface area (Å²) in [6.07, 6.45) is -0.480. The third kappa shape index (κ3) is 2.60. The molecule has 0 unspecified atom stereocenters. The molecule has 0 aromatic rings. The molecule has 0 aliphatic heterocycles. The molecule has 0 heterocycles. The van der Waals surface area contributed by atoms with Crippen LogP contribution in [0.1, 0.15) is 6.42 Å². The van der Waals surface area contributed by atoms with E-state index in [0.717, 1.165) is 12.3 Å². The summed E-state index contributed by atoms with van der Waals surface area (Å²) in [5.74, 6) is -1.68. The van der Waals surface area contributed by atoms with Gasteiger partial charge in [0, 0.05) is 6.26 Å². The molecule has 2 nitrogen and oxygen atoms in total. The van der Waals surface area contributed by atoms with Crippen molar-refractivity contribution in [1.29, 1.82) is 0 Å². The average Bonchev–Trinajstić information content (AvgIpc) is 2.01. The number of halogens is 3. The zero-order valence-corrected chi connectivity index (χ0v) is 8.19. The highest BCUT2D eigenvalue weighted by atomic mass is 32.2. The molecular formula is C8H9F3O2S. The lowest BCUT2D eigenvalue weighted by Crippen LogP contribution is -2.22. The van der Waals surface area contributed by atoms with Crippen molar-refractivity contribution in [2.75, 3.05) is 6.26 Å². The van der Waals surface area contributed by atoms with Crippen molar-refractivity contribution in [3.05, 3.63) is 23.1 Å². The molecule has 0 fully saturated rings. The van der Waals surface area contributed by atoms with Crippen LogP contribution >= 0.6 is 0 Å². The SMILES string of the molecule is CS(=O)(=O)C1=C[C@@H](C(F)(F)F)CC=C1. The Morgan fingerprint density at radius 3 is 2.43 bits per heavy atom. The van der Waals surface area contributed by atoms with Crippen molar-refractivity contribution >= 4 is 9.84 Å². The van der Waals surface area contributed by atoms with E-state index in [1.165, 1.54) is 12.2 Å². The minimum atomic E-state index is -4.37. The Bertz CT molecular complexity index is 376. The van der Waals surface area contributed by atoms with Gasteiger partial charge in [-0.1, -0.05) is 12.2 Å². The van der Waals surface area contributed by atoms with E-state index in [1.54, 1.807) is 0 Å². The molecule has 6 heteroatoms. The highest BCUT2D eigenvalue weighted by Gasteiger charge is 2.38. The van der Waals surface area contributed by atoms with Crippen LogP contribution in [0.15, 0.2) is 23.1 Å². The van der Waals surface area contributed by atoms with Crippen molar-refractivity contribution in [2.45, 2.75) is 12.6 Å². The van der Waals surface area contributed by atoms with Crippen LogP contribution in [0.5, 0.6) is 0 Å². The van der Waals surface area contributed by atoms with Gasteiger partial charge in [-0.3, -0.25) is 0 Å². The van der Waals surface area contributed by atoms with E-state index in [-0.39, 0.29) is 11.3 Å². The molecule has 0 spiro atoms. The summed E-state index contributed by atoms with van der Waals surface area (Å²) in [7, 11) is -3.54. The molecule has 0 N–H and O–H groups in total. The van der Waals surface area contributed by atoms with Gasteiger partial charge in [0.05, 0.1) is 10.8 Å². The summed E-state index contributed by atoms with van der Waals surface area (Å²) in [4.78, 5) is -0.258.